The van der Waals surface area contributed by atoms with Crippen molar-refractivity contribution in [3.05, 3.63) is 29.3 Å². The number of imide groups is 1. The van der Waals surface area contributed by atoms with Crippen LogP contribution < -0.4 is 16.0 Å². The molecule has 17 heavy (non-hydrogen) atoms. The van der Waals surface area contributed by atoms with Crippen molar-refractivity contribution in [1.29, 1.82) is 0 Å². The Morgan fingerprint density at radius 2 is 1.94 bits per heavy atom. The Morgan fingerprint density at radius 3 is 2.53 bits per heavy atom. The lowest BCUT2D eigenvalue weighted by molar-refractivity contribution is -0.130. The molecular formula is C12H15N3O2. The first-order valence-corrected chi connectivity index (χ1v) is 5.47. The van der Waals surface area contributed by atoms with Crippen LogP contribution in [0.25, 0.3) is 0 Å². The normalized spacial score (nSPS) is 16.0. The number of carbonyl (C=O) groups is 2. The predicted molar refractivity (Wildman–Crippen MR) is 64.4 cm³/mol. The second-order valence-electron chi connectivity index (χ2n) is 4.16. The number of benzene rings is 1. The molecule has 0 bridgehead atoms. The first-order chi connectivity index (χ1) is 8.10. The maximum atomic E-state index is 11.3. The summed E-state index contributed by atoms with van der Waals surface area (Å²) in [6, 6.07) is 5.85. The predicted octanol–water partition coefficient (Wildman–Crippen LogP) is -0.0835. The van der Waals surface area contributed by atoms with Gasteiger partial charge in [-0.2, -0.15) is 0 Å². The molecule has 0 atom stereocenters. The smallest absolute Gasteiger partial charge is 0.246 e. The van der Waals surface area contributed by atoms with Crippen LogP contribution in [0.1, 0.15) is 11.1 Å². The Labute approximate surface area is 99.6 Å². The van der Waals surface area contributed by atoms with Crippen LogP contribution >= 0.6 is 0 Å². The van der Waals surface area contributed by atoms with Crippen molar-refractivity contribution in [2.24, 2.45) is 5.73 Å². The molecule has 1 aliphatic heterocycles. The van der Waals surface area contributed by atoms with E-state index in [4.69, 9.17) is 5.73 Å². The summed E-state index contributed by atoms with van der Waals surface area (Å²) < 4.78 is 0. The molecule has 1 aromatic carbocycles. The molecule has 0 unspecified atom stereocenters. The minimum atomic E-state index is -0.272. The van der Waals surface area contributed by atoms with Gasteiger partial charge >= 0.3 is 0 Å². The van der Waals surface area contributed by atoms with Gasteiger partial charge in [-0.1, -0.05) is 12.1 Å². The molecule has 1 saturated heterocycles. The lowest BCUT2D eigenvalue weighted by atomic mass is 10.1. The van der Waals surface area contributed by atoms with E-state index in [1.807, 2.05) is 25.1 Å². The van der Waals surface area contributed by atoms with Crippen molar-refractivity contribution in [3.63, 3.8) is 0 Å². The van der Waals surface area contributed by atoms with Gasteiger partial charge in [-0.25, -0.2) is 0 Å². The van der Waals surface area contributed by atoms with E-state index in [9.17, 15) is 9.59 Å². The summed E-state index contributed by atoms with van der Waals surface area (Å²) in [5.41, 5.74) is 8.56. The second-order valence-corrected chi connectivity index (χ2v) is 4.16. The molecule has 2 amide bonds. The molecule has 1 aliphatic rings. The van der Waals surface area contributed by atoms with E-state index < -0.39 is 0 Å². The van der Waals surface area contributed by atoms with Gasteiger partial charge in [0.1, 0.15) is 0 Å². The van der Waals surface area contributed by atoms with Gasteiger partial charge in [0.25, 0.3) is 0 Å². The minimum absolute atomic E-state index is 0.197. The Balaban J connectivity index is 2.35. The van der Waals surface area contributed by atoms with Gasteiger partial charge in [0, 0.05) is 12.2 Å². The fourth-order valence-corrected chi connectivity index (χ4v) is 1.95. The first kappa shape index (κ1) is 11.6. The van der Waals surface area contributed by atoms with Crippen LogP contribution in [0, 0.1) is 6.92 Å². The zero-order valence-electron chi connectivity index (χ0n) is 9.69. The Hall–Kier alpha value is -1.88. The van der Waals surface area contributed by atoms with Crippen molar-refractivity contribution in [2.75, 3.05) is 18.0 Å². The van der Waals surface area contributed by atoms with Crippen LogP contribution in [0.4, 0.5) is 5.69 Å². The SMILES string of the molecule is Cc1ccc(CN)c(N2CC(=O)NC(=O)C2)c1. The number of piperazine rings is 1. The first-order valence-electron chi connectivity index (χ1n) is 5.47. The molecule has 90 valence electrons. The maximum absolute atomic E-state index is 11.3. The quantitative estimate of drug-likeness (QED) is 0.700. The highest BCUT2D eigenvalue weighted by Crippen LogP contribution is 2.22. The molecule has 1 fully saturated rings. The van der Waals surface area contributed by atoms with Crippen molar-refractivity contribution in [2.45, 2.75) is 13.5 Å². The molecule has 5 nitrogen and oxygen atoms in total. The van der Waals surface area contributed by atoms with Crippen molar-refractivity contribution in [1.82, 2.24) is 5.32 Å². The molecule has 0 spiro atoms. The molecule has 1 aromatic rings. The van der Waals surface area contributed by atoms with E-state index in [0.29, 0.717) is 6.54 Å². The standard InChI is InChI=1S/C12H15N3O2/c1-8-2-3-9(5-13)10(4-8)15-6-11(16)14-12(17)7-15/h2-4H,5-7,13H2,1H3,(H,14,16,17). The number of nitrogens with one attached hydrogen (secondary N) is 1. The van der Waals surface area contributed by atoms with Crippen LogP contribution in [0.5, 0.6) is 0 Å². The largest absolute Gasteiger partial charge is 0.353 e. The van der Waals surface area contributed by atoms with Gasteiger partial charge in [0.05, 0.1) is 13.1 Å². The average molecular weight is 233 g/mol. The number of rotatable bonds is 2. The third-order valence-corrected chi connectivity index (χ3v) is 2.75. The molecule has 3 N–H and O–H groups in total. The van der Waals surface area contributed by atoms with Crippen LogP contribution in [-0.4, -0.2) is 24.9 Å². The monoisotopic (exact) mass is 233 g/mol. The summed E-state index contributed by atoms with van der Waals surface area (Å²) in [5, 5.41) is 2.28. The fourth-order valence-electron chi connectivity index (χ4n) is 1.95. The van der Waals surface area contributed by atoms with Crippen molar-refractivity contribution in [3.8, 4) is 0 Å². The van der Waals surface area contributed by atoms with Crippen LogP contribution in [0.3, 0.4) is 0 Å². The van der Waals surface area contributed by atoms with Gasteiger partial charge in [0.15, 0.2) is 0 Å². The number of nitrogens with two attached hydrogens (primary N) is 1. The van der Waals surface area contributed by atoms with E-state index in [2.05, 4.69) is 5.32 Å². The zero-order valence-corrected chi connectivity index (χ0v) is 9.69. The molecular weight excluding hydrogens is 218 g/mol. The average Bonchev–Trinajstić information content (AvgIpc) is 2.27. The molecule has 1 heterocycles. The topological polar surface area (TPSA) is 75.4 Å². The highest BCUT2D eigenvalue weighted by atomic mass is 16.2. The molecule has 0 radical (unpaired) electrons. The van der Waals surface area contributed by atoms with Crippen LogP contribution in [-0.2, 0) is 16.1 Å². The Kier molecular flexibility index (Phi) is 3.10. The summed E-state index contributed by atoms with van der Waals surface area (Å²) >= 11 is 0. The van der Waals surface area contributed by atoms with E-state index >= 15 is 0 Å². The molecule has 5 heteroatoms. The molecule has 2 rings (SSSR count). The number of aryl methyl sites for hydroxylation is 1. The highest BCUT2D eigenvalue weighted by Gasteiger charge is 2.23. The summed E-state index contributed by atoms with van der Waals surface area (Å²) in [7, 11) is 0. The highest BCUT2D eigenvalue weighted by molar-refractivity contribution is 6.02. The number of hydrogen-bond donors (Lipinski definition) is 2. The molecule has 0 aromatic heterocycles. The number of anilines is 1. The van der Waals surface area contributed by atoms with Gasteiger partial charge in [-0.05, 0) is 24.1 Å². The molecule has 0 aliphatic carbocycles. The summed E-state index contributed by atoms with van der Waals surface area (Å²) in [4.78, 5) is 24.4. The van der Waals surface area contributed by atoms with Gasteiger partial charge in [-0.15, -0.1) is 0 Å². The lowest BCUT2D eigenvalue weighted by Crippen LogP contribution is -2.51. The van der Waals surface area contributed by atoms with Crippen LogP contribution in [0.2, 0.25) is 0 Å². The Morgan fingerprint density at radius 1 is 1.29 bits per heavy atom. The van der Waals surface area contributed by atoms with Crippen molar-refractivity contribution >= 4 is 17.5 Å². The van der Waals surface area contributed by atoms with Gasteiger partial charge < -0.3 is 10.6 Å². The second kappa shape index (κ2) is 4.55. The van der Waals surface area contributed by atoms with Gasteiger partial charge in [0.2, 0.25) is 11.8 Å². The third kappa shape index (κ3) is 2.45. The molecule has 0 saturated carbocycles. The maximum Gasteiger partial charge on any atom is 0.246 e. The van der Waals surface area contributed by atoms with Gasteiger partial charge in [-0.3, -0.25) is 14.9 Å². The van der Waals surface area contributed by atoms with E-state index in [-0.39, 0.29) is 24.9 Å². The van der Waals surface area contributed by atoms with E-state index in [1.165, 1.54) is 0 Å². The zero-order chi connectivity index (χ0) is 12.4. The fraction of sp³-hybridized carbons (Fsp3) is 0.333. The number of hydrogen-bond acceptors (Lipinski definition) is 4. The number of amides is 2. The number of nitrogens with zero attached hydrogens (tertiary/aromatic N) is 1. The summed E-state index contributed by atoms with van der Waals surface area (Å²) in [6.07, 6.45) is 0. The van der Waals surface area contributed by atoms with E-state index in [0.717, 1.165) is 16.8 Å². The summed E-state index contributed by atoms with van der Waals surface area (Å²) in [6.45, 7) is 2.75. The Bertz CT molecular complexity index is 455. The minimum Gasteiger partial charge on any atom is -0.353 e. The number of carbonyl (C=O) groups excluding carboxylic acids is 2. The van der Waals surface area contributed by atoms with Crippen LogP contribution in [0.15, 0.2) is 18.2 Å². The third-order valence-electron chi connectivity index (χ3n) is 2.75. The summed E-state index contributed by atoms with van der Waals surface area (Å²) in [5.74, 6) is -0.545. The van der Waals surface area contributed by atoms with Crippen molar-refractivity contribution < 1.29 is 9.59 Å². The lowest BCUT2D eigenvalue weighted by Gasteiger charge is -2.29. The van der Waals surface area contributed by atoms with E-state index in [1.54, 1.807) is 4.90 Å².